The Bertz CT molecular complexity index is 548. The van der Waals surface area contributed by atoms with Crippen molar-refractivity contribution in [1.82, 2.24) is 15.1 Å². The third kappa shape index (κ3) is 4.04. The summed E-state index contributed by atoms with van der Waals surface area (Å²) in [6.45, 7) is 6.88. The molecular weight excluding hydrogens is 260 g/mol. The lowest BCUT2D eigenvalue weighted by atomic mass is 10.2. The molecule has 2 aromatic heterocycles. The molecule has 0 spiro atoms. The summed E-state index contributed by atoms with van der Waals surface area (Å²) in [5.74, 6) is 1.96. The van der Waals surface area contributed by atoms with Gasteiger partial charge in [0, 0.05) is 23.1 Å². The Balaban J connectivity index is 2.12. The average molecular weight is 278 g/mol. The molecule has 2 rings (SSSR count). The summed E-state index contributed by atoms with van der Waals surface area (Å²) in [6.07, 6.45) is 1.70. The maximum absolute atomic E-state index is 5.57. The van der Waals surface area contributed by atoms with E-state index in [0.29, 0.717) is 18.3 Å². The highest BCUT2D eigenvalue weighted by molar-refractivity contribution is 7.99. The van der Waals surface area contributed by atoms with E-state index >= 15 is 0 Å². The molecule has 0 amide bonds. The Hall–Kier alpha value is -1.40. The van der Waals surface area contributed by atoms with E-state index in [1.54, 1.807) is 18.0 Å². The number of hydrogen-bond donors (Lipinski definition) is 1. The zero-order valence-corrected chi connectivity index (χ0v) is 12.2. The summed E-state index contributed by atoms with van der Waals surface area (Å²) in [7, 11) is 0. The van der Waals surface area contributed by atoms with Crippen LogP contribution in [-0.2, 0) is 12.3 Å². The van der Waals surface area contributed by atoms with E-state index < -0.39 is 0 Å². The first-order valence-corrected chi connectivity index (χ1v) is 7.08. The van der Waals surface area contributed by atoms with Gasteiger partial charge in [0.15, 0.2) is 5.82 Å². The third-order valence-corrected chi connectivity index (χ3v) is 3.64. The van der Waals surface area contributed by atoms with Gasteiger partial charge in [0.1, 0.15) is 0 Å². The predicted molar refractivity (Wildman–Crippen MR) is 76.5 cm³/mol. The van der Waals surface area contributed by atoms with Crippen LogP contribution < -0.4 is 5.73 Å². The second kappa shape index (κ2) is 5.71. The highest BCUT2D eigenvalue weighted by Gasteiger charge is 2.14. The van der Waals surface area contributed by atoms with Crippen LogP contribution in [0.5, 0.6) is 0 Å². The maximum atomic E-state index is 5.57. The number of pyridine rings is 1. The molecule has 2 aromatic rings. The van der Waals surface area contributed by atoms with Crippen molar-refractivity contribution in [3.05, 3.63) is 29.8 Å². The quantitative estimate of drug-likeness (QED) is 0.926. The van der Waals surface area contributed by atoms with E-state index in [4.69, 9.17) is 10.3 Å². The molecule has 5 nitrogen and oxygen atoms in total. The molecule has 0 aliphatic heterocycles. The van der Waals surface area contributed by atoms with Crippen LogP contribution in [0.15, 0.2) is 22.9 Å². The Morgan fingerprint density at radius 2 is 2.16 bits per heavy atom. The standard InChI is InChI=1S/C13H18N4OS/c1-13(2,3)19-8-11-16-12(18-17-11)9-4-5-15-10(6-9)7-14/h4-6H,7-8,14H2,1-3H3. The van der Waals surface area contributed by atoms with E-state index in [0.717, 1.165) is 17.0 Å². The molecule has 2 N–H and O–H groups in total. The molecule has 2 heterocycles. The summed E-state index contributed by atoms with van der Waals surface area (Å²) in [5.41, 5.74) is 7.23. The minimum absolute atomic E-state index is 0.185. The first-order valence-electron chi connectivity index (χ1n) is 6.10. The van der Waals surface area contributed by atoms with E-state index in [9.17, 15) is 0 Å². The lowest BCUT2D eigenvalue weighted by Gasteiger charge is -2.15. The highest BCUT2D eigenvalue weighted by atomic mass is 32.2. The van der Waals surface area contributed by atoms with Crippen molar-refractivity contribution in [3.8, 4) is 11.5 Å². The van der Waals surface area contributed by atoms with Crippen LogP contribution in [0.3, 0.4) is 0 Å². The first-order chi connectivity index (χ1) is 8.98. The normalized spacial score (nSPS) is 11.8. The summed E-state index contributed by atoms with van der Waals surface area (Å²) in [5, 5.41) is 3.99. The lowest BCUT2D eigenvalue weighted by molar-refractivity contribution is 0.425. The second-order valence-corrected chi connectivity index (χ2v) is 6.96. The number of aromatic nitrogens is 3. The van der Waals surface area contributed by atoms with Crippen LogP contribution in [0, 0.1) is 0 Å². The fourth-order valence-corrected chi connectivity index (χ4v) is 2.11. The van der Waals surface area contributed by atoms with Crippen LogP contribution in [0.25, 0.3) is 11.5 Å². The Kier molecular flexibility index (Phi) is 4.21. The SMILES string of the molecule is CC(C)(C)SCc1noc(-c2ccnc(CN)c2)n1. The van der Waals surface area contributed by atoms with Gasteiger partial charge < -0.3 is 10.3 Å². The number of thioether (sulfide) groups is 1. The van der Waals surface area contributed by atoms with Crippen LogP contribution >= 0.6 is 11.8 Å². The smallest absolute Gasteiger partial charge is 0.258 e. The van der Waals surface area contributed by atoms with Crippen molar-refractivity contribution >= 4 is 11.8 Å². The molecule has 0 fully saturated rings. The molecule has 19 heavy (non-hydrogen) atoms. The van der Waals surface area contributed by atoms with Gasteiger partial charge in [-0.15, -0.1) is 11.8 Å². The highest BCUT2D eigenvalue weighted by Crippen LogP contribution is 2.27. The summed E-state index contributed by atoms with van der Waals surface area (Å²) in [6, 6.07) is 3.71. The number of nitrogens with two attached hydrogens (primary N) is 1. The topological polar surface area (TPSA) is 77.8 Å². The number of rotatable bonds is 4. The molecule has 0 bridgehead atoms. The zero-order chi connectivity index (χ0) is 13.9. The predicted octanol–water partition coefficient (Wildman–Crippen LogP) is 2.62. The molecule has 102 valence electrons. The fraction of sp³-hybridized carbons (Fsp3) is 0.462. The van der Waals surface area contributed by atoms with Gasteiger partial charge in [0.25, 0.3) is 5.89 Å². The molecule has 0 atom stereocenters. The zero-order valence-electron chi connectivity index (χ0n) is 11.4. The lowest BCUT2D eigenvalue weighted by Crippen LogP contribution is -2.07. The van der Waals surface area contributed by atoms with Crippen molar-refractivity contribution in [2.75, 3.05) is 0 Å². The van der Waals surface area contributed by atoms with Crippen molar-refractivity contribution in [2.45, 2.75) is 37.8 Å². The van der Waals surface area contributed by atoms with Crippen molar-refractivity contribution in [3.63, 3.8) is 0 Å². The average Bonchev–Trinajstić information content (AvgIpc) is 2.84. The number of nitrogens with zero attached hydrogens (tertiary/aromatic N) is 3. The van der Waals surface area contributed by atoms with Gasteiger partial charge in [-0.25, -0.2) is 0 Å². The van der Waals surface area contributed by atoms with Crippen LogP contribution in [-0.4, -0.2) is 19.9 Å². The monoisotopic (exact) mass is 278 g/mol. The summed E-state index contributed by atoms with van der Waals surface area (Å²) < 4.78 is 5.46. The van der Waals surface area contributed by atoms with Gasteiger partial charge in [0.05, 0.1) is 11.4 Å². The van der Waals surface area contributed by atoms with Gasteiger partial charge in [0.2, 0.25) is 0 Å². The van der Waals surface area contributed by atoms with Crippen LogP contribution in [0.4, 0.5) is 0 Å². The molecule has 0 aromatic carbocycles. The van der Waals surface area contributed by atoms with Gasteiger partial charge >= 0.3 is 0 Å². The molecule has 0 aliphatic rings. The Morgan fingerprint density at radius 1 is 1.37 bits per heavy atom. The minimum Gasteiger partial charge on any atom is -0.334 e. The van der Waals surface area contributed by atoms with Crippen molar-refractivity contribution in [1.29, 1.82) is 0 Å². The fourth-order valence-electron chi connectivity index (χ4n) is 1.43. The third-order valence-electron chi connectivity index (χ3n) is 2.38. The maximum Gasteiger partial charge on any atom is 0.258 e. The summed E-state index contributed by atoms with van der Waals surface area (Å²) >= 11 is 1.79. The largest absolute Gasteiger partial charge is 0.334 e. The number of hydrogen-bond acceptors (Lipinski definition) is 6. The van der Waals surface area contributed by atoms with Gasteiger partial charge in [-0.1, -0.05) is 25.9 Å². The summed E-state index contributed by atoms with van der Waals surface area (Å²) in [4.78, 5) is 8.53. The molecule has 0 saturated heterocycles. The first kappa shape index (κ1) is 14.0. The van der Waals surface area contributed by atoms with Gasteiger partial charge in [-0.05, 0) is 12.1 Å². The Morgan fingerprint density at radius 3 is 2.84 bits per heavy atom. The Labute approximate surface area is 117 Å². The molecule has 6 heteroatoms. The van der Waals surface area contributed by atoms with Crippen LogP contribution in [0.2, 0.25) is 0 Å². The van der Waals surface area contributed by atoms with Crippen molar-refractivity contribution in [2.24, 2.45) is 5.73 Å². The van der Waals surface area contributed by atoms with E-state index in [-0.39, 0.29) is 4.75 Å². The van der Waals surface area contributed by atoms with Crippen LogP contribution in [0.1, 0.15) is 32.3 Å². The van der Waals surface area contributed by atoms with E-state index in [2.05, 4.69) is 35.9 Å². The molecule has 0 unspecified atom stereocenters. The molecule has 0 radical (unpaired) electrons. The molecule has 0 aliphatic carbocycles. The molecular formula is C13H18N4OS. The van der Waals surface area contributed by atoms with Crippen molar-refractivity contribution < 1.29 is 4.52 Å². The van der Waals surface area contributed by atoms with E-state index in [1.165, 1.54) is 0 Å². The van der Waals surface area contributed by atoms with Gasteiger partial charge in [-0.3, -0.25) is 4.98 Å². The minimum atomic E-state index is 0.185. The second-order valence-electron chi connectivity index (χ2n) is 5.16. The van der Waals surface area contributed by atoms with E-state index in [1.807, 2.05) is 12.1 Å². The van der Waals surface area contributed by atoms with Gasteiger partial charge in [-0.2, -0.15) is 4.98 Å². The molecule has 0 saturated carbocycles.